The molecule has 1 atom stereocenters. The molecule has 1 aromatic carbocycles. The highest BCUT2D eigenvalue weighted by molar-refractivity contribution is 9.10. The number of benzene rings is 1. The molecule has 3 heteroatoms. The van der Waals surface area contributed by atoms with Crippen LogP contribution < -0.4 is 0 Å². The first-order chi connectivity index (χ1) is 10.4. The fourth-order valence-corrected chi connectivity index (χ4v) is 3.08. The van der Waals surface area contributed by atoms with Gasteiger partial charge in [-0.2, -0.15) is 0 Å². The van der Waals surface area contributed by atoms with Crippen LogP contribution in [0.2, 0.25) is 0 Å². The van der Waals surface area contributed by atoms with Crippen LogP contribution in [0.3, 0.4) is 0 Å². The van der Waals surface area contributed by atoms with Gasteiger partial charge in [-0.1, -0.05) is 46.3 Å². The smallest absolute Gasteiger partial charge is 0.155 e. The second-order valence-electron chi connectivity index (χ2n) is 5.93. The van der Waals surface area contributed by atoms with E-state index in [9.17, 15) is 9.59 Å². The Labute approximate surface area is 140 Å². The monoisotopic (exact) mass is 360 g/mol. The normalized spacial score (nSPS) is 21.7. The Morgan fingerprint density at radius 1 is 1.23 bits per heavy atom. The van der Waals surface area contributed by atoms with E-state index in [2.05, 4.69) is 34.1 Å². The first-order valence-corrected chi connectivity index (χ1v) is 8.35. The van der Waals surface area contributed by atoms with Gasteiger partial charge in [-0.25, -0.2) is 0 Å². The third-order valence-electron chi connectivity index (χ3n) is 4.41. The molecule has 0 spiro atoms. The Morgan fingerprint density at radius 3 is 2.41 bits per heavy atom. The quantitative estimate of drug-likeness (QED) is 0.705. The number of hydrogen-bond acceptors (Lipinski definition) is 2. The summed E-state index contributed by atoms with van der Waals surface area (Å²) >= 11 is 3.42. The van der Waals surface area contributed by atoms with Crippen molar-refractivity contribution in [3.8, 4) is 0 Å². The maximum absolute atomic E-state index is 12.1. The molecule has 2 rings (SSSR count). The molecular formula is C19H21BrO2. The molecule has 0 aromatic heterocycles. The molecule has 2 nitrogen and oxygen atoms in total. The molecule has 0 amide bonds. The minimum absolute atomic E-state index is 0.121. The van der Waals surface area contributed by atoms with Gasteiger partial charge in [-0.15, -0.1) is 0 Å². The number of ketones is 2. The van der Waals surface area contributed by atoms with Crippen LogP contribution >= 0.6 is 15.9 Å². The lowest BCUT2D eigenvalue weighted by Crippen LogP contribution is -2.29. The van der Waals surface area contributed by atoms with Crippen LogP contribution in [0.1, 0.15) is 38.7 Å². The predicted molar refractivity (Wildman–Crippen MR) is 92.7 cm³/mol. The average Bonchev–Trinajstić information content (AvgIpc) is 2.49. The van der Waals surface area contributed by atoms with Gasteiger partial charge in [0.05, 0.1) is 5.41 Å². The van der Waals surface area contributed by atoms with Crippen LogP contribution in [-0.4, -0.2) is 11.6 Å². The molecule has 0 unspecified atom stereocenters. The lowest BCUT2D eigenvalue weighted by molar-refractivity contribution is -0.125. The van der Waals surface area contributed by atoms with Crippen LogP contribution in [0.5, 0.6) is 0 Å². The standard InChI is InChI=1S/C19H21BrO2/c1-14(21)17-9-12-19(13-10-17,15(2)22)11-3-4-16-5-7-18(20)8-6-16/h3,5-9,11H,4,10,12-13H2,1-2H3/b11-3+/t19-/m1/s1. The van der Waals surface area contributed by atoms with Gasteiger partial charge in [-0.3, -0.25) is 9.59 Å². The lowest BCUT2D eigenvalue weighted by Gasteiger charge is -2.31. The summed E-state index contributed by atoms with van der Waals surface area (Å²) in [7, 11) is 0. The molecule has 22 heavy (non-hydrogen) atoms. The zero-order chi connectivity index (χ0) is 16.2. The number of carbonyl (C=O) groups excluding carboxylic acids is 2. The molecule has 0 radical (unpaired) electrons. The highest BCUT2D eigenvalue weighted by atomic mass is 79.9. The molecule has 0 aliphatic heterocycles. The topological polar surface area (TPSA) is 34.1 Å². The maximum Gasteiger partial charge on any atom is 0.155 e. The van der Waals surface area contributed by atoms with Crippen molar-refractivity contribution in [2.24, 2.45) is 5.41 Å². The van der Waals surface area contributed by atoms with Crippen molar-refractivity contribution in [3.05, 3.63) is 58.1 Å². The van der Waals surface area contributed by atoms with Gasteiger partial charge in [0.15, 0.2) is 5.78 Å². The lowest BCUT2D eigenvalue weighted by atomic mass is 9.71. The van der Waals surface area contributed by atoms with Crippen LogP contribution in [0, 0.1) is 5.41 Å². The third-order valence-corrected chi connectivity index (χ3v) is 4.94. The van der Waals surface area contributed by atoms with E-state index in [4.69, 9.17) is 0 Å². The largest absolute Gasteiger partial charge is 0.299 e. The highest BCUT2D eigenvalue weighted by Crippen LogP contribution is 2.38. The molecule has 0 saturated carbocycles. The molecule has 1 aliphatic rings. The number of Topliss-reactive ketones (excluding diaryl/α,β-unsaturated/α-hetero) is 2. The fraction of sp³-hybridized carbons (Fsp3) is 0.368. The van der Waals surface area contributed by atoms with E-state index in [0.717, 1.165) is 22.9 Å². The molecular weight excluding hydrogens is 340 g/mol. The Balaban J connectivity index is 2.09. The SMILES string of the molecule is CC(=O)C1=CC[C@@](/C=C/Cc2ccc(Br)cc2)(C(C)=O)CC1. The summed E-state index contributed by atoms with van der Waals surface area (Å²) in [6.45, 7) is 3.24. The van der Waals surface area contributed by atoms with Gasteiger partial charge < -0.3 is 0 Å². The number of carbonyl (C=O) groups is 2. The van der Waals surface area contributed by atoms with Crippen molar-refractivity contribution >= 4 is 27.5 Å². The van der Waals surface area contributed by atoms with Crippen LogP contribution in [0.4, 0.5) is 0 Å². The van der Waals surface area contributed by atoms with Gasteiger partial charge in [0.25, 0.3) is 0 Å². The second kappa shape index (κ2) is 7.19. The summed E-state index contributed by atoms with van der Waals surface area (Å²) in [5, 5.41) is 0. The van der Waals surface area contributed by atoms with E-state index in [1.165, 1.54) is 5.56 Å². The summed E-state index contributed by atoms with van der Waals surface area (Å²) in [5.41, 5.74) is 1.64. The van der Waals surface area contributed by atoms with E-state index < -0.39 is 5.41 Å². The number of hydrogen-bond donors (Lipinski definition) is 0. The Hall–Kier alpha value is -1.48. The molecule has 1 aliphatic carbocycles. The van der Waals surface area contributed by atoms with Crippen molar-refractivity contribution in [3.63, 3.8) is 0 Å². The van der Waals surface area contributed by atoms with Gasteiger partial charge in [0, 0.05) is 4.47 Å². The molecule has 0 N–H and O–H groups in total. The van der Waals surface area contributed by atoms with Crippen molar-refractivity contribution in [2.45, 2.75) is 39.5 Å². The summed E-state index contributed by atoms with van der Waals surface area (Å²) < 4.78 is 1.06. The Bertz CT molecular complexity index is 625. The zero-order valence-electron chi connectivity index (χ0n) is 13.1. The Morgan fingerprint density at radius 2 is 1.91 bits per heavy atom. The summed E-state index contributed by atoms with van der Waals surface area (Å²) in [6.07, 6.45) is 8.93. The van der Waals surface area contributed by atoms with Gasteiger partial charge >= 0.3 is 0 Å². The van der Waals surface area contributed by atoms with Crippen LogP contribution in [-0.2, 0) is 16.0 Å². The first-order valence-electron chi connectivity index (χ1n) is 7.56. The third kappa shape index (κ3) is 4.04. The fourth-order valence-electron chi connectivity index (χ4n) is 2.82. The molecule has 0 fully saturated rings. The first kappa shape index (κ1) is 16.9. The number of halogens is 1. The number of rotatable bonds is 5. The van der Waals surface area contributed by atoms with E-state index in [-0.39, 0.29) is 11.6 Å². The van der Waals surface area contributed by atoms with E-state index in [1.807, 2.05) is 24.3 Å². The van der Waals surface area contributed by atoms with Crippen LogP contribution in [0.25, 0.3) is 0 Å². The van der Waals surface area contributed by atoms with Gasteiger partial charge in [-0.05, 0) is 62.8 Å². The predicted octanol–water partition coefficient (Wildman–Crippen LogP) is 4.82. The molecule has 0 saturated heterocycles. The summed E-state index contributed by atoms with van der Waals surface area (Å²) in [5.74, 6) is 0.300. The van der Waals surface area contributed by atoms with Crippen molar-refractivity contribution in [1.82, 2.24) is 0 Å². The van der Waals surface area contributed by atoms with E-state index in [1.54, 1.807) is 13.8 Å². The van der Waals surface area contributed by atoms with Gasteiger partial charge in [0.1, 0.15) is 5.78 Å². The summed E-state index contributed by atoms with van der Waals surface area (Å²) in [6, 6.07) is 8.19. The molecule has 0 bridgehead atoms. The van der Waals surface area contributed by atoms with Crippen molar-refractivity contribution in [1.29, 1.82) is 0 Å². The summed E-state index contributed by atoms with van der Waals surface area (Å²) in [4.78, 5) is 23.5. The van der Waals surface area contributed by atoms with Gasteiger partial charge in [0.2, 0.25) is 0 Å². The molecule has 1 aromatic rings. The highest BCUT2D eigenvalue weighted by Gasteiger charge is 2.34. The van der Waals surface area contributed by atoms with Crippen molar-refractivity contribution < 1.29 is 9.59 Å². The zero-order valence-corrected chi connectivity index (χ0v) is 14.7. The maximum atomic E-state index is 12.1. The second-order valence-corrected chi connectivity index (χ2v) is 6.85. The van der Waals surface area contributed by atoms with E-state index in [0.29, 0.717) is 12.8 Å². The minimum atomic E-state index is -0.436. The van der Waals surface area contributed by atoms with Crippen molar-refractivity contribution in [2.75, 3.05) is 0 Å². The average molecular weight is 361 g/mol. The number of allylic oxidation sites excluding steroid dienone is 4. The molecule has 0 heterocycles. The Kier molecular flexibility index (Phi) is 5.52. The minimum Gasteiger partial charge on any atom is -0.299 e. The van der Waals surface area contributed by atoms with Crippen LogP contribution in [0.15, 0.2) is 52.5 Å². The van der Waals surface area contributed by atoms with E-state index >= 15 is 0 Å². The molecule has 116 valence electrons.